The minimum atomic E-state index is -0.361. The van der Waals surface area contributed by atoms with Crippen molar-refractivity contribution in [2.45, 2.75) is 6.54 Å². The molecule has 0 saturated heterocycles. The third-order valence-corrected chi connectivity index (χ3v) is 3.87. The number of hydrogen-bond acceptors (Lipinski definition) is 2. The smallest absolute Gasteiger partial charge is 0.244 e. The molecular formula is C17H12BrFN2O2. The summed E-state index contributed by atoms with van der Waals surface area (Å²) in [7, 11) is 0. The second kappa shape index (κ2) is 6.34. The third kappa shape index (κ3) is 3.48. The second-order valence-corrected chi connectivity index (χ2v) is 5.94. The van der Waals surface area contributed by atoms with Gasteiger partial charge < -0.3 is 9.88 Å². The van der Waals surface area contributed by atoms with Crippen LogP contribution in [-0.2, 0) is 11.3 Å². The lowest BCUT2D eigenvalue weighted by Crippen LogP contribution is -2.20. The van der Waals surface area contributed by atoms with Crippen LogP contribution in [0.3, 0.4) is 0 Å². The van der Waals surface area contributed by atoms with E-state index < -0.39 is 0 Å². The van der Waals surface area contributed by atoms with Crippen LogP contribution in [0.15, 0.2) is 64.0 Å². The molecule has 0 aliphatic rings. The minimum absolute atomic E-state index is 0.0514. The van der Waals surface area contributed by atoms with Crippen molar-refractivity contribution < 1.29 is 9.18 Å². The van der Waals surface area contributed by atoms with Gasteiger partial charge in [-0.2, -0.15) is 0 Å². The Hall–Kier alpha value is -2.47. The van der Waals surface area contributed by atoms with Crippen LogP contribution in [0.2, 0.25) is 0 Å². The Morgan fingerprint density at radius 2 is 1.87 bits per heavy atom. The summed E-state index contributed by atoms with van der Waals surface area (Å²) in [4.78, 5) is 24.1. The maximum absolute atomic E-state index is 12.9. The number of amides is 1. The number of halogens is 2. The van der Waals surface area contributed by atoms with Crippen LogP contribution < -0.4 is 10.7 Å². The molecule has 1 heterocycles. The molecule has 0 atom stereocenters. The molecule has 0 aliphatic heterocycles. The summed E-state index contributed by atoms with van der Waals surface area (Å²) in [6.07, 6.45) is 1.59. The number of anilines is 1. The van der Waals surface area contributed by atoms with Gasteiger partial charge in [0, 0.05) is 27.8 Å². The number of carbonyl (C=O) groups is 1. The highest BCUT2D eigenvalue weighted by Gasteiger charge is 2.08. The Labute approximate surface area is 139 Å². The van der Waals surface area contributed by atoms with E-state index >= 15 is 0 Å². The van der Waals surface area contributed by atoms with E-state index in [-0.39, 0.29) is 23.7 Å². The van der Waals surface area contributed by atoms with Crippen LogP contribution in [0.5, 0.6) is 0 Å². The summed E-state index contributed by atoms with van der Waals surface area (Å²) in [5.74, 6) is -0.621. The van der Waals surface area contributed by atoms with E-state index in [0.29, 0.717) is 16.6 Å². The molecule has 4 nitrogen and oxygen atoms in total. The Balaban J connectivity index is 1.86. The highest BCUT2D eigenvalue weighted by molar-refractivity contribution is 9.10. The van der Waals surface area contributed by atoms with Crippen molar-refractivity contribution in [3.8, 4) is 0 Å². The lowest BCUT2D eigenvalue weighted by atomic mass is 10.2. The predicted molar refractivity (Wildman–Crippen MR) is 90.9 cm³/mol. The summed E-state index contributed by atoms with van der Waals surface area (Å²) in [5.41, 5.74) is 1.09. The first-order valence-corrected chi connectivity index (χ1v) is 7.66. The molecule has 0 saturated carbocycles. The molecule has 3 rings (SSSR count). The molecule has 0 fully saturated rings. The number of rotatable bonds is 3. The van der Waals surface area contributed by atoms with Crippen LogP contribution in [0.4, 0.5) is 10.1 Å². The fourth-order valence-corrected chi connectivity index (χ4v) is 2.67. The molecular weight excluding hydrogens is 363 g/mol. The Bertz CT molecular complexity index is 935. The van der Waals surface area contributed by atoms with Crippen LogP contribution >= 0.6 is 15.9 Å². The van der Waals surface area contributed by atoms with Crippen LogP contribution in [0, 0.1) is 5.82 Å². The zero-order valence-corrected chi connectivity index (χ0v) is 13.5. The largest absolute Gasteiger partial charge is 0.338 e. The molecule has 1 amide bonds. The topological polar surface area (TPSA) is 51.1 Å². The number of nitrogens with zero attached hydrogens (tertiary/aromatic N) is 1. The molecule has 6 heteroatoms. The number of pyridine rings is 1. The lowest BCUT2D eigenvalue weighted by Gasteiger charge is -2.11. The normalized spacial score (nSPS) is 10.7. The monoisotopic (exact) mass is 374 g/mol. The molecule has 0 spiro atoms. The van der Waals surface area contributed by atoms with E-state index in [4.69, 9.17) is 0 Å². The van der Waals surface area contributed by atoms with Gasteiger partial charge in [-0.1, -0.05) is 15.9 Å². The SMILES string of the molecule is O=C(Cn1ccc(=O)c2cc(Br)ccc21)Nc1ccc(F)cc1. The molecule has 3 aromatic rings. The summed E-state index contributed by atoms with van der Waals surface area (Å²) in [6.45, 7) is 0.0514. The van der Waals surface area contributed by atoms with Gasteiger partial charge in [-0.15, -0.1) is 0 Å². The van der Waals surface area contributed by atoms with Gasteiger partial charge in [0.25, 0.3) is 0 Å². The van der Waals surface area contributed by atoms with Crippen molar-refractivity contribution in [3.05, 3.63) is 75.2 Å². The molecule has 1 aromatic heterocycles. The van der Waals surface area contributed by atoms with E-state index in [0.717, 1.165) is 4.47 Å². The zero-order valence-electron chi connectivity index (χ0n) is 11.9. The number of nitrogens with one attached hydrogen (secondary N) is 1. The fraction of sp³-hybridized carbons (Fsp3) is 0.0588. The minimum Gasteiger partial charge on any atom is -0.338 e. The molecule has 23 heavy (non-hydrogen) atoms. The van der Waals surface area contributed by atoms with Crippen molar-refractivity contribution in [2.75, 3.05) is 5.32 Å². The average molecular weight is 375 g/mol. The summed E-state index contributed by atoms with van der Waals surface area (Å²) in [6, 6.07) is 12.3. The van der Waals surface area contributed by atoms with E-state index in [1.165, 1.54) is 30.3 Å². The van der Waals surface area contributed by atoms with Gasteiger partial charge in [0.1, 0.15) is 12.4 Å². The number of hydrogen-bond donors (Lipinski definition) is 1. The van der Waals surface area contributed by atoms with E-state index in [9.17, 15) is 14.0 Å². The summed E-state index contributed by atoms with van der Waals surface area (Å²) >= 11 is 3.33. The van der Waals surface area contributed by atoms with Crippen LogP contribution in [0.1, 0.15) is 0 Å². The quantitative estimate of drug-likeness (QED) is 0.762. The van der Waals surface area contributed by atoms with Gasteiger partial charge in [0.15, 0.2) is 5.43 Å². The maximum atomic E-state index is 12.9. The van der Waals surface area contributed by atoms with E-state index in [2.05, 4.69) is 21.2 Å². The van der Waals surface area contributed by atoms with E-state index in [1.54, 1.807) is 22.9 Å². The molecule has 0 bridgehead atoms. The van der Waals surface area contributed by atoms with Crippen molar-refractivity contribution >= 4 is 38.4 Å². The Kier molecular flexibility index (Phi) is 4.25. The average Bonchev–Trinajstić information content (AvgIpc) is 2.52. The van der Waals surface area contributed by atoms with Gasteiger partial charge >= 0.3 is 0 Å². The van der Waals surface area contributed by atoms with Crippen molar-refractivity contribution in [3.63, 3.8) is 0 Å². The molecule has 116 valence electrons. The van der Waals surface area contributed by atoms with Crippen LogP contribution in [0.25, 0.3) is 10.9 Å². The van der Waals surface area contributed by atoms with Gasteiger partial charge in [0.05, 0.1) is 5.52 Å². The first-order valence-electron chi connectivity index (χ1n) is 6.87. The standard InChI is InChI=1S/C17H12BrFN2O2/c18-11-1-6-15-14(9-11)16(22)7-8-21(15)10-17(23)20-13-4-2-12(19)3-5-13/h1-9H,10H2,(H,20,23). The molecule has 0 unspecified atom stereocenters. The Morgan fingerprint density at radius 3 is 2.61 bits per heavy atom. The van der Waals surface area contributed by atoms with Crippen LogP contribution in [-0.4, -0.2) is 10.5 Å². The Morgan fingerprint density at radius 1 is 1.13 bits per heavy atom. The zero-order chi connectivity index (χ0) is 16.4. The first kappa shape index (κ1) is 15.4. The number of aromatic nitrogens is 1. The highest BCUT2D eigenvalue weighted by Crippen LogP contribution is 2.17. The van der Waals surface area contributed by atoms with Gasteiger partial charge in [0.2, 0.25) is 5.91 Å². The van der Waals surface area contributed by atoms with Crippen molar-refractivity contribution in [2.24, 2.45) is 0 Å². The van der Waals surface area contributed by atoms with E-state index in [1.807, 2.05) is 6.07 Å². The van der Waals surface area contributed by atoms with Gasteiger partial charge in [-0.05, 0) is 42.5 Å². The maximum Gasteiger partial charge on any atom is 0.244 e. The summed E-state index contributed by atoms with van der Waals surface area (Å²) < 4.78 is 15.4. The third-order valence-electron chi connectivity index (χ3n) is 3.38. The van der Waals surface area contributed by atoms with Gasteiger partial charge in [-0.25, -0.2) is 4.39 Å². The van der Waals surface area contributed by atoms with Gasteiger partial charge in [-0.3, -0.25) is 9.59 Å². The molecule has 0 aliphatic carbocycles. The van der Waals surface area contributed by atoms with Crippen molar-refractivity contribution in [1.82, 2.24) is 4.57 Å². The number of carbonyl (C=O) groups excluding carboxylic acids is 1. The molecule has 2 aromatic carbocycles. The predicted octanol–water partition coefficient (Wildman–Crippen LogP) is 3.54. The lowest BCUT2D eigenvalue weighted by molar-refractivity contribution is -0.116. The highest BCUT2D eigenvalue weighted by atomic mass is 79.9. The summed E-state index contributed by atoms with van der Waals surface area (Å²) in [5, 5.41) is 3.23. The second-order valence-electron chi connectivity index (χ2n) is 5.02. The first-order chi connectivity index (χ1) is 11.0. The number of benzene rings is 2. The molecule has 1 N–H and O–H groups in total. The molecule has 0 radical (unpaired) electrons. The fourth-order valence-electron chi connectivity index (χ4n) is 2.31. The van der Waals surface area contributed by atoms with Crippen molar-refractivity contribution in [1.29, 1.82) is 0 Å². The number of fused-ring (bicyclic) bond motifs is 1.